The number of anilines is 1. The summed E-state index contributed by atoms with van der Waals surface area (Å²) in [6, 6.07) is 5.66. The van der Waals surface area contributed by atoms with Gasteiger partial charge in [-0.1, -0.05) is 19.8 Å². The van der Waals surface area contributed by atoms with Crippen LogP contribution in [-0.2, 0) is 9.53 Å². The Morgan fingerprint density at radius 1 is 1.48 bits per heavy atom. The molecule has 2 rings (SSSR count). The number of hydrogen-bond acceptors (Lipinski definition) is 3. The minimum absolute atomic E-state index is 0.0265. The highest BCUT2D eigenvalue weighted by Crippen LogP contribution is 2.34. The van der Waals surface area contributed by atoms with E-state index in [0.29, 0.717) is 18.2 Å². The fraction of sp³-hybridized carbons (Fsp3) is 0.562. The predicted molar refractivity (Wildman–Crippen MR) is 80.4 cm³/mol. The zero-order valence-corrected chi connectivity index (χ0v) is 12.4. The SMILES string of the molecule is CC1CCCC(CN)(OCC(=O)Nc2ccc(F)cc2)C1. The minimum Gasteiger partial charge on any atom is -0.364 e. The molecule has 1 fully saturated rings. The molecule has 1 aliphatic rings. The van der Waals surface area contributed by atoms with Crippen molar-refractivity contribution in [3.05, 3.63) is 30.1 Å². The van der Waals surface area contributed by atoms with Crippen molar-refractivity contribution < 1.29 is 13.9 Å². The van der Waals surface area contributed by atoms with Crippen molar-refractivity contribution in [2.45, 2.75) is 38.2 Å². The Hall–Kier alpha value is -1.46. The van der Waals surface area contributed by atoms with Crippen molar-refractivity contribution in [1.29, 1.82) is 0 Å². The number of carbonyl (C=O) groups excluding carboxylic acids is 1. The third-order valence-corrected chi connectivity index (χ3v) is 4.06. The van der Waals surface area contributed by atoms with E-state index in [4.69, 9.17) is 10.5 Å². The van der Waals surface area contributed by atoms with E-state index in [2.05, 4.69) is 12.2 Å². The van der Waals surface area contributed by atoms with Crippen molar-refractivity contribution >= 4 is 11.6 Å². The van der Waals surface area contributed by atoms with Crippen molar-refractivity contribution in [2.75, 3.05) is 18.5 Å². The van der Waals surface area contributed by atoms with E-state index in [1.165, 1.54) is 30.7 Å². The smallest absolute Gasteiger partial charge is 0.250 e. The average Bonchev–Trinajstić information content (AvgIpc) is 2.48. The Morgan fingerprint density at radius 2 is 2.19 bits per heavy atom. The first-order valence-corrected chi connectivity index (χ1v) is 7.42. The second kappa shape index (κ2) is 7.00. The lowest BCUT2D eigenvalue weighted by Gasteiger charge is -2.38. The summed E-state index contributed by atoms with van der Waals surface area (Å²) in [5.74, 6) is -0.00218. The fourth-order valence-corrected chi connectivity index (χ4v) is 2.94. The molecule has 1 aromatic rings. The van der Waals surface area contributed by atoms with E-state index >= 15 is 0 Å². The van der Waals surface area contributed by atoms with Gasteiger partial charge in [-0.15, -0.1) is 0 Å². The molecule has 21 heavy (non-hydrogen) atoms. The molecule has 4 nitrogen and oxygen atoms in total. The van der Waals surface area contributed by atoms with Gasteiger partial charge in [-0.25, -0.2) is 4.39 Å². The van der Waals surface area contributed by atoms with Crippen LogP contribution in [0.5, 0.6) is 0 Å². The number of carbonyl (C=O) groups is 1. The second-order valence-corrected chi connectivity index (χ2v) is 5.93. The molecule has 0 heterocycles. The van der Waals surface area contributed by atoms with Gasteiger partial charge in [0.15, 0.2) is 0 Å². The van der Waals surface area contributed by atoms with Crippen molar-refractivity contribution in [3.8, 4) is 0 Å². The molecule has 3 N–H and O–H groups in total. The third kappa shape index (κ3) is 4.51. The lowest BCUT2D eigenvalue weighted by atomic mass is 9.79. The van der Waals surface area contributed by atoms with Crippen LogP contribution in [0.15, 0.2) is 24.3 Å². The molecular weight excluding hydrogens is 271 g/mol. The maximum Gasteiger partial charge on any atom is 0.250 e. The summed E-state index contributed by atoms with van der Waals surface area (Å²) < 4.78 is 18.6. The summed E-state index contributed by atoms with van der Waals surface area (Å²) >= 11 is 0. The third-order valence-electron chi connectivity index (χ3n) is 4.06. The second-order valence-electron chi connectivity index (χ2n) is 5.93. The number of amides is 1. The van der Waals surface area contributed by atoms with Gasteiger partial charge in [-0.3, -0.25) is 4.79 Å². The summed E-state index contributed by atoms with van der Waals surface area (Å²) in [7, 11) is 0. The first-order chi connectivity index (χ1) is 10.0. The van der Waals surface area contributed by atoms with Gasteiger partial charge in [-0.2, -0.15) is 0 Å². The van der Waals surface area contributed by atoms with Crippen LogP contribution in [0.2, 0.25) is 0 Å². The van der Waals surface area contributed by atoms with E-state index in [0.717, 1.165) is 19.3 Å². The van der Waals surface area contributed by atoms with Crippen LogP contribution < -0.4 is 11.1 Å². The van der Waals surface area contributed by atoms with Crippen molar-refractivity contribution in [1.82, 2.24) is 0 Å². The van der Waals surface area contributed by atoms with Crippen LogP contribution in [0.4, 0.5) is 10.1 Å². The van der Waals surface area contributed by atoms with E-state index in [1.54, 1.807) is 0 Å². The topological polar surface area (TPSA) is 64.3 Å². The molecule has 2 unspecified atom stereocenters. The normalized spacial score (nSPS) is 25.6. The van der Waals surface area contributed by atoms with Crippen LogP contribution in [0, 0.1) is 11.7 Å². The zero-order chi connectivity index (χ0) is 15.3. The van der Waals surface area contributed by atoms with Crippen molar-refractivity contribution in [2.24, 2.45) is 11.7 Å². The quantitative estimate of drug-likeness (QED) is 0.877. The molecule has 0 radical (unpaired) electrons. The van der Waals surface area contributed by atoms with Gasteiger partial charge >= 0.3 is 0 Å². The average molecular weight is 294 g/mol. The fourth-order valence-electron chi connectivity index (χ4n) is 2.94. The number of benzene rings is 1. The summed E-state index contributed by atoms with van der Waals surface area (Å²) in [6.45, 7) is 2.59. The Morgan fingerprint density at radius 3 is 2.81 bits per heavy atom. The van der Waals surface area contributed by atoms with Gasteiger partial charge in [0, 0.05) is 12.2 Å². The molecule has 2 atom stereocenters. The van der Waals surface area contributed by atoms with Gasteiger partial charge in [0.2, 0.25) is 5.91 Å². The van der Waals surface area contributed by atoms with Crippen LogP contribution in [0.25, 0.3) is 0 Å². The van der Waals surface area contributed by atoms with Crippen LogP contribution in [-0.4, -0.2) is 24.7 Å². The van der Waals surface area contributed by atoms with Crippen LogP contribution in [0.3, 0.4) is 0 Å². The van der Waals surface area contributed by atoms with Crippen LogP contribution >= 0.6 is 0 Å². The molecule has 1 amide bonds. The van der Waals surface area contributed by atoms with Gasteiger partial charge < -0.3 is 15.8 Å². The summed E-state index contributed by atoms with van der Waals surface area (Å²) in [5.41, 5.74) is 6.04. The summed E-state index contributed by atoms with van der Waals surface area (Å²) in [5, 5.41) is 2.69. The molecule has 1 aromatic carbocycles. The Kier molecular flexibility index (Phi) is 5.31. The highest BCUT2D eigenvalue weighted by Gasteiger charge is 2.35. The Labute approximate surface area is 124 Å². The molecule has 1 saturated carbocycles. The minimum atomic E-state index is -0.377. The van der Waals surface area contributed by atoms with E-state index < -0.39 is 0 Å². The number of hydrogen-bond donors (Lipinski definition) is 2. The number of rotatable bonds is 5. The number of nitrogens with one attached hydrogen (secondary N) is 1. The maximum atomic E-state index is 12.8. The monoisotopic (exact) mass is 294 g/mol. The van der Waals surface area contributed by atoms with E-state index in [1.807, 2.05) is 0 Å². The predicted octanol–water partition coefficient (Wildman–Crippen LogP) is 2.69. The number of halogens is 1. The highest BCUT2D eigenvalue weighted by molar-refractivity contribution is 5.91. The lowest BCUT2D eigenvalue weighted by Crippen LogP contribution is -2.46. The number of ether oxygens (including phenoxy) is 1. The molecule has 0 spiro atoms. The maximum absolute atomic E-state index is 12.8. The molecule has 1 aliphatic carbocycles. The standard InChI is InChI=1S/C16H23FN2O2/c1-12-3-2-8-16(9-12,11-18)21-10-15(20)19-14-6-4-13(17)5-7-14/h4-7,12H,2-3,8-11,18H2,1H3,(H,19,20). The van der Waals surface area contributed by atoms with Gasteiger partial charge in [0.05, 0.1) is 5.60 Å². The van der Waals surface area contributed by atoms with Gasteiger partial charge in [-0.05, 0) is 43.0 Å². The lowest BCUT2D eigenvalue weighted by molar-refractivity contribution is -0.131. The molecule has 0 aromatic heterocycles. The summed E-state index contributed by atoms with van der Waals surface area (Å²) in [4.78, 5) is 11.9. The van der Waals surface area contributed by atoms with Crippen LogP contribution in [0.1, 0.15) is 32.6 Å². The zero-order valence-electron chi connectivity index (χ0n) is 12.4. The Balaban J connectivity index is 1.86. The van der Waals surface area contributed by atoms with E-state index in [9.17, 15) is 9.18 Å². The van der Waals surface area contributed by atoms with Gasteiger partial charge in [0.1, 0.15) is 12.4 Å². The molecule has 0 aliphatic heterocycles. The highest BCUT2D eigenvalue weighted by atomic mass is 19.1. The van der Waals surface area contributed by atoms with Crippen molar-refractivity contribution in [3.63, 3.8) is 0 Å². The largest absolute Gasteiger partial charge is 0.364 e. The van der Waals surface area contributed by atoms with E-state index in [-0.39, 0.29) is 23.9 Å². The summed E-state index contributed by atoms with van der Waals surface area (Å²) in [6.07, 6.45) is 4.07. The molecule has 0 saturated heterocycles. The molecule has 5 heteroatoms. The first-order valence-electron chi connectivity index (χ1n) is 7.42. The molecule has 116 valence electrons. The number of nitrogens with two attached hydrogens (primary N) is 1. The van der Waals surface area contributed by atoms with Gasteiger partial charge in [0.25, 0.3) is 0 Å². The molecular formula is C16H23FN2O2. The Bertz CT molecular complexity index is 478. The first kappa shape index (κ1) is 15.9. The molecule has 0 bridgehead atoms.